The van der Waals surface area contributed by atoms with E-state index in [1.807, 2.05) is 0 Å². The van der Waals surface area contributed by atoms with Crippen molar-refractivity contribution in [3.8, 4) is 11.5 Å². The minimum absolute atomic E-state index is 0.0146. The van der Waals surface area contributed by atoms with E-state index < -0.39 is 27.9 Å². The fourth-order valence-electron chi connectivity index (χ4n) is 3.16. The van der Waals surface area contributed by atoms with Crippen LogP contribution >= 0.6 is 0 Å². The van der Waals surface area contributed by atoms with Gasteiger partial charge >= 0.3 is 5.97 Å². The van der Waals surface area contributed by atoms with Gasteiger partial charge in [0.1, 0.15) is 0 Å². The maximum absolute atomic E-state index is 13.1. The number of esters is 1. The molecule has 0 fully saturated rings. The molecule has 0 bridgehead atoms. The number of ether oxygens (including phenoxy) is 3. The van der Waals surface area contributed by atoms with Crippen molar-refractivity contribution in [2.45, 2.75) is 31.2 Å². The van der Waals surface area contributed by atoms with E-state index in [2.05, 4.69) is 10.0 Å². The van der Waals surface area contributed by atoms with Crippen LogP contribution in [-0.4, -0.2) is 48.7 Å². The number of amides is 1. The topological polar surface area (TPSA) is 120 Å². The lowest BCUT2D eigenvalue weighted by molar-refractivity contribution is -0.141. The Morgan fingerprint density at radius 3 is 2.22 bits per heavy atom. The smallest absolute Gasteiger partial charge is 0.307 e. The molecule has 0 saturated heterocycles. The van der Waals surface area contributed by atoms with Crippen LogP contribution in [0.25, 0.3) is 0 Å². The molecule has 1 atom stereocenters. The van der Waals surface area contributed by atoms with Gasteiger partial charge < -0.3 is 19.5 Å². The average molecular weight is 465 g/mol. The van der Waals surface area contributed by atoms with Gasteiger partial charge in [-0.25, -0.2) is 13.1 Å². The number of carbonyl (C=O) groups is 2. The van der Waals surface area contributed by atoms with Crippen molar-refractivity contribution in [2.24, 2.45) is 0 Å². The average Bonchev–Trinajstić information content (AvgIpc) is 2.79. The van der Waals surface area contributed by atoms with Crippen molar-refractivity contribution in [3.05, 3.63) is 52.6 Å². The Morgan fingerprint density at radius 1 is 1.00 bits per heavy atom. The van der Waals surface area contributed by atoms with Gasteiger partial charge in [-0.3, -0.25) is 9.59 Å². The minimum Gasteiger partial charge on any atom is -0.493 e. The Bertz CT molecular complexity index is 1110. The molecule has 0 heterocycles. The predicted molar refractivity (Wildman–Crippen MR) is 119 cm³/mol. The molecule has 9 nitrogen and oxygen atoms in total. The van der Waals surface area contributed by atoms with Crippen molar-refractivity contribution in [3.63, 3.8) is 0 Å². The van der Waals surface area contributed by atoms with Crippen LogP contribution in [0.1, 0.15) is 39.5 Å². The van der Waals surface area contributed by atoms with E-state index in [0.717, 1.165) is 0 Å². The molecule has 10 heteroatoms. The number of sulfonamides is 1. The highest BCUT2D eigenvalue weighted by molar-refractivity contribution is 7.89. The van der Waals surface area contributed by atoms with E-state index in [1.165, 1.54) is 34.4 Å². The molecule has 0 saturated carbocycles. The molecule has 0 spiro atoms. The van der Waals surface area contributed by atoms with Gasteiger partial charge in [-0.2, -0.15) is 0 Å². The van der Waals surface area contributed by atoms with Gasteiger partial charge in [-0.1, -0.05) is 6.07 Å². The summed E-state index contributed by atoms with van der Waals surface area (Å²) in [6, 6.07) is 7.19. The normalized spacial score (nSPS) is 12.1. The van der Waals surface area contributed by atoms with Crippen LogP contribution in [0.2, 0.25) is 0 Å². The van der Waals surface area contributed by atoms with Crippen LogP contribution in [0.5, 0.6) is 11.5 Å². The summed E-state index contributed by atoms with van der Waals surface area (Å²) in [6.07, 6.45) is -0.135. The molecule has 0 aliphatic heterocycles. The van der Waals surface area contributed by atoms with Crippen molar-refractivity contribution in [1.82, 2.24) is 10.0 Å². The summed E-state index contributed by atoms with van der Waals surface area (Å²) < 4.78 is 42.3. The lowest BCUT2D eigenvalue weighted by Gasteiger charge is -2.20. The van der Waals surface area contributed by atoms with Gasteiger partial charge in [-0.15, -0.1) is 0 Å². The standard InChI is InChI=1S/C22H28N2O7S/c1-13-9-16(11-20(14(13)2)32(27,28)23-3)22(26)24-17(12-21(25)31-6)15-7-8-18(29-4)19(10-15)30-5/h7-11,17,23H,12H2,1-6H3,(H,24,26). The summed E-state index contributed by atoms with van der Waals surface area (Å²) in [6.45, 7) is 3.39. The van der Waals surface area contributed by atoms with E-state index in [9.17, 15) is 18.0 Å². The zero-order chi connectivity index (χ0) is 24.1. The molecule has 2 aromatic carbocycles. The first-order valence-electron chi connectivity index (χ1n) is 9.72. The quantitative estimate of drug-likeness (QED) is 0.546. The van der Waals surface area contributed by atoms with Crippen molar-refractivity contribution in [2.75, 3.05) is 28.4 Å². The third-order valence-corrected chi connectivity index (χ3v) is 6.69. The molecule has 1 unspecified atom stereocenters. The van der Waals surface area contributed by atoms with Crippen molar-refractivity contribution >= 4 is 21.9 Å². The van der Waals surface area contributed by atoms with Gasteiger partial charge in [0, 0.05) is 5.56 Å². The SMILES string of the molecule is CNS(=O)(=O)c1cc(C(=O)NC(CC(=O)OC)c2ccc(OC)c(OC)c2)cc(C)c1C. The molecule has 2 N–H and O–H groups in total. The van der Waals surface area contributed by atoms with E-state index in [1.54, 1.807) is 38.1 Å². The lowest BCUT2D eigenvalue weighted by atomic mass is 10.0. The van der Waals surface area contributed by atoms with Gasteiger partial charge in [0.25, 0.3) is 5.91 Å². The Balaban J connectivity index is 2.47. The second-order valence-electron chi connectivity index (χ2n) is 7.04. The van der Waals surface area contributed by atoms with E-state index in [-0.39, 0.29) is 16.9 Å². The number of hydrogen-bond acceptors (Lipinski definition) is 7. The summed E-state index contributed by atoms with van der Waals surface area (Å²) in [4.78, 5) is 25.1. The lowest BCUT2D eigenvalue weighted by Crippen LogP contribution is -2.31. The summed E-state index contributed by atoms with van der Waals surface area (Å²) in [5.41, 5.74) is 1.93. The number of benzene rings is 2. The summed E-state index contributed by atoms with van der Waals surface area (Å²) >= 11 is 0. The number of nitrogens with one attached hydrogen (secondary N) is 2. The zero-order valence-corrected chi connectivity index (χ0v) is 19.8. The van der Waals surface area contributed by atoms with Crippen LogP contribution in [0, 0.1) is 13.8 Å². The highest BCUT2D eigenvalue weighted by Gasteiger charge is 2.24. The highest BCUT2D eigenvalue weighted by atomic mass is 32.2. The monoisotopic (exact) mass is 464 g/mol. The summed E-state index contributed by atoms with van der Waals surface area (Å²) in [7, 11) is 1.78. The summed E-state index contributed by atoms with van der Waals surface area (Å²) in [5.74, 6) is -0.133. The first-order valence-corrected chi connectivity index (χ1v) is 11.2. The highest BCUT2D eigenvalue weighted by Crippen LogP contribution is 2.31. The van der Waals surface area contributed by atoms with Gasteiger partial charge in [0.05, 0.1) is 38.7 Å². The van der Waals surface area contributed by atoms with Crippen LogP contribution < -0.4 is 19.5 Å². The Labute approximate surface area is 188 Å². The van der Waals surface area contributed by atoms with Gasteiger partial charge in [-0.05, 0) is 61.9 Å². The van der Waals surface area contributed by atoms with Crippen LogP contribution in [-0.2, 0) is 19.6 Å². The maximum Gasteiger partial charge on any atom is 0.307 e. The molecule has 32 heavy (non-hydrogen) atoms. The second kappa shape index (κ2) is 10.5. The minimum atomic E-state index is -3.76. The predicted octanol–water partition coefficient (Wildman–Crippen LogP) is 2.26. The third-order valence-electron chi connectivity index (χ3n) is 5.15. The molecule has 0 radical (unpaired) electrons. The van der Waals surface area contributed by atoms with Crippen LogP contribution in [0.4, 0.5) is 0 Å². The van der Waals surface area contributed by atoms with E-state index in [0.29, 0.717) is 28.2 Å². The zero-order valence-electron chi connectivity index (χ0n) is 18.9. The molecule has 2 aromatic rings. The fraction of sp³-hybridized carbons (Fsp3) is 0.364. The molecular weight excluding hydrogens is 436 g/mol. The Hall–Kier alpha value is -3.11. The van der Waals surface area contributed by atoms with Crippen molar-refractivity contribution in [1.29, 1.82) is 0 Å². The summed E-state index contributed by atoms with van der Waals surface area (Å²) in [5, 5.41) is 2.80. The van der Waals surface area contributed by atoms with E-state index >= 15 is 0 Å². The molecule has 174 valence electrons. The van der Waals surface area contributed by atoms with Crippen LogP contribution in [0.15, 0.2) is 35.2 Å². The largest absolute Gasteiger partial charge is 0.493 e. The molecule has 1 amide bonds. The molecule has 0 aliphatic carbocycles. The third kappa shape index (κ3) is 5.57. The molecule has 2 rings (SSSR count). The Kier molecular flexibility index (Phi) is 8.23. The van der Waals surface area contributed by atoms with Crippen LogP contribution in [0.3, 0.4) is 0 Å². The number of hydrogen-bond donors (Lipinski definition) is 2. The Morgan fingerprint density at radius 2 is 1.66 bits per heavy atom. The second-order valence-corrected chi connectivity index (χ2v) is 8.90. The van der Waals surface area contributed by atoms with Gasteiger partial charge in [0.15, 0.2) is 11.5 Å². The number of aryl methyl sites for hydroxylation is 1. The maximum atomic E-state index is 13.1. The first kappa shape index (κ1) is 25.2. The van der Waals surface area contributed by atoms with Crippen molar-refractivity contribution < 1.29 is 32.2 Å². The number of methoxy groups -OCH3 is 3. The van der Waals surface area contributed by atoms with Gasteiger partial charge in [0.2, 0.25) is 10.0 Å². The number of carbonyl (C=O) groups excluding carboxylic acids is 2. The van der Waals surface area contributed by atoms with E-state index in [4.69, 9.17) is 14.2 Å². The fourth-order valence-corrected chi connectivity index (χ4v) is 4.23. The molecule has 0 aliphatic rings. The first-order chi connectivity index (χ1) is 15.1. The number of rotatable bonds is 9. The molecular formula is C22H28N2O7S. The molecule has 0 aromatic heterocycles.